The minimum absolute atomic E-state index is 0.382. The molecule has 1 heterocycles. The summed E-state index contributed by atoms with van der Waals surface area (Å²) >= 11 is 6.02. The summed E-state index contributed by atoms with van der Waals surface area (Å²) in [6.07, 6.45) is 3.73. The molecule has 0 radical (unpaired) electrons. The molecule has 0 amide bonds. The zero-order chi connectivity index (χ0) is 13.8. The summed E-state index contributed by atoms with van der Waals surface area (Å²) in [6.45, 7) is 4.96. The fraction of sp³-hybridized carbons (Fsp3) is 0.714. The Kier molecular flexibility index (Phi) is 4.99. The Morgan fingerprint density at radius 3 is 2.84 bits per heavy atom. The summed E-state index contributed by atoms with van der Waals surface area (Å²) in [5.74, 6) is 2.91. The topological polar surface area (TPSA) is 47.0 Å². The molecule has 106 valence electrons. The molecule has 0 aromatic carbocycles. The molecule has 19 heavy (non-hydrogen) atoms. The predicted octanol–water partition coefficient (Wildman–Crippen LogP) is 3.51. The number of nitrogens with zero attached hydrogens (tertiary/aromatic N) is 2. The van der Waals surface area contributed by atoms with Crippen LogP contribution in [0.1, 0.15) is 38.9 Å². The molecule has 1 aromatic rings. The van der Waals surface area contributed by atoms with Gasteiger partial charge in [0.1, 0.15) is 17.6 Å². The lowest BCUT2D eigenvalue weighted by Crippen LogP contribution is -2.25. The second-order valence-electron chi connectivity index (χ2n) is 5.28. The van der Waals surface area contributed by atoms with Crippen LogP contribution in [0.4, 0.5) is 5.82 Å². The molecule has 1 aliphatic rings. The highest BCUT2D eigenvalue weighted by Gasteiger charge is 2.31. The van der Waals surface area contributed by atoms with Crippen molar-refractivity contribution in [2.24, 2.45) is 11.8 Å². The van der Waals surface area contributed by atoms with Crippen LogP contribution in [-0.4, -0.2) is 23.1 Å². The quantitative estimate of drug-likeness (QED) is 0.840. The summed E-state index contributed by atoms with van der Waals surface area (Å²) in [4.78, 5) is 8.58. The lowest BCUT2D eigenvalue weighted by molar-refractivity contribution is 0.178. The van der Waals surface area contributed by atoms with Gasteiger partial charge in [0.05, 0.1) is 0 Å². The van der Waals surface area contributed by atoms with Gasteiger partial charge in [0, 0.05) is 19.2 Å². The van der Waals surface area contributed by atoms with E-state index in [1.54, 1.807) is 13.2 Å². The van der Waals surface area contributed by atoms with Crippen LogP contribution in [0, 0.1) is 11.8 Å². The third kappa shape index (κ3) is 3.57. The Morgan fingerprint density at radius 1 is 1.42 bits per heavy atom. The van der Waals surface area contributed by atoms with Gasteiger partial charge in [0.25, 0.3) is 0 Å². The molecular weight excluding hydrogens is 262 g/mol. The summed E-state index contributed by atoms with van der Waals surface area (Å²) in [5.41, 5.74) is 0. The van der Waals surface area contributed by atoms with Gasteiger partial charge < -0.3 is 10.1 Å². The van der Waals surface area contributed by atoms with Crippen LogP contribution in [0.15, 0.2) is 6.07 Å². The van der Waals surface area contributed by atoms with E-state index < -0.39 is 0 Å². The van der Waals surface area contributed by atoms with Crippen molar-refractivity contribution in [1.82, 2.24) is 9.97 Å². The van der Waals surface area contributed by atoms with E-state index in [-0.39, 0.29) is 0 Å². The molecule has 0 aliphatic heterocycles. The number of rotatable bonds is 5. The van der Waals surface area contributed by atoms with Crippen molar-refractivity contribution in [3.05, 3.63) is 17.0 Å². The van der Waals surface area contributed by atoms with E-state index in [1.165, 1.54) is 19.3 Å². The van der Waals surface area contributed by atoms with E-state index >= 15 is 0 Å². The van der Waals surface area contributed by atoms with Crippen molar-refractivity contribution >= 4 is 17.4 Å². The third-order valence-corrected chi connectivity index (χ3v) is 4.29. The van der Waals surface area contributed by atoms with Crippen LogP contribution >= 0.6 is 11.6 Å². The summed E-state index contributed by atoms with van der Waals surface area (Å²) in [7, 11) is 1.63. The Morgan fingerprint density at radius 2 is 2.21 bits per heavy atom. The van der Waals surface area contributed by atoms with Gasteiger partial charge in [-0.2, -0.15) is 0 Å². The highest BCUT2D eigenvalue weighted by Crippen LogP contribution is 2.35. The average Bonchev–Trinajstić information content (AvgIpc) is 2.70. The molecular formula is C14H22ClN3O. The molecule has 0 bridgehead atoms. The minimum Gasteiger partial charge on any atom is -0.377 e. The van der Waals surface area contributed by atoms with Crippen LogP contribution < -0.4 is 5.32 Å². The second kappa shape index (κ2) is 6.53. The van der Waals surface area contributed by atoms with Gasteiger partial charge in [-0.15, -0.1) is 0 Å². The van der Waals surface area contributed by atoms with Crippen LogP contribution in [0.2, 0.25) is 5.15 Å². The van der Waals surface area contributed by atoms with Crippen molar-refractivity contribution in [1.29, 1.82) is 0 Å². The smallest absolute Gasteiger partial charge is 0.158 e. The molecule has 5 heteroatoms. The zero-order valence-corrected chi connectivity index (χ0v) is 12.6. The number of aromatic nitrogens is 2. The lowest BCUT2D eigenvalue weighted by Gasteiger charge is -2.21. The molecule has 1 saturated carbocycles. The van der Waals surface area contributed by atoms with Gasteiger partial charge in [-0.05, 0) is 24.7 Å². The van der Waals surface area contributed by atoms with E-state index in [1.807, 2.05) is 0 Å². The minimum atomic E-state index is 0.382. The van der Waals surface area contributed by atoms with Gasteiger partial charge in [-0.25, -0.2) is 9.97 Å². The van der Waals surface area contributed by atoms with Crippen LogP contribution in [0.25, 0.3) is 0 Å². The summed E-state index contributed by atoms with van der Waals surface area (Å²) in [5, 5.41) is 3.96. The zero-order valence-electron chi connectivity index (χ0n) is 11.8. The lowest BCUT2D eigenvalue weighted by atomic mass is 9.93. The van der Waals surface area contributed by atoms with E-state index in [4.69, 9.17) is 16.3 Å². The van der Waals surface area contributed by atoms with Crippen molar-refractivity contribution in [2.45, 2.75) is 45.8 Å². The first-order valence-corrected chi connectivity index (χ1v) is 7.30. The number of nitrogens with one attached hydrogen (secondary N) is 1. The van der Waals surface area contributed by atoms with E-state index in [0.717, 1.165) is 11.7 Å². The molecule has 1 aromatic heterocycles. The molecule has 1 fully saturated rings. The molecule has 0 saturated heterocycles. The monoisotopic (exact) mass is 283 g/mol. The maximum Gasteiger partial charge on any atom is 0.158 e. The summed E-state index contributed by atoms with van der Waals surface area (Å²) < 4.78 is 5.05. The van der Waals surface area contributed by atoms with Crippen LogP contribution in [0.5, 0.6) is 0 Å². The summed E-state index contributed by atoms with van der Waals surface area (Å²) in [6, 6.07) is 2.26. The second-order valence-corrected chi connectivity index (χ2v) is 5.67. The number of methoxy groups -OCH3 is 1. The molecule has 3 unspecified atom stereocenters. The highest BCUT2D eigenvalue weighted by molar-refractivity contribution is 6.29. The number of anilines is 1. The van der Waals surface area contributed by atoms with Gasteiger partial charge in [0.15, 0.2) is 5.82 Å². The maximum absolute atomic E-state index is 6.02. The number of ether oxygens (including phenoxy) is 1. The van der Waals surface area contributed by atoms with Gasteiger partial charge >= 0.3 is 0 Å². The number of hydrogen-bond acceptors (Lipinski definition) is 4. The van der Waals surface area contributed by atoms with Gasteiger partial charge in [-0.1, -0.05) is 31.9 Å². The van der Waals surface area contributed by atoms with Crippen molar-refractivity contribution in [2.75, 3.05) is 12.4 Å². The molecule has 1 aliphatic carbocycles. The van der Waals surface area contributed by atoms with Gasteiger partial charge in [0.2, 0.25) is 0 Å². The van der Waals surface area contributed by atoms with Crippen LogP contribution in [0.3, 0.4) is 0 Å². The highest BCUT2D eigenvalue weighted by atomic mass is 35.5. The first-order chi connectivity index (χ1) is 9.13. The third-order valence-electron chi connectivity index (χ3n) is 4.10. The first-order valence-electron chi connectivity index (χ1n) is 6.93. The predicted molar refractivity (Wildman–Crippen MR) is 77.3 cm³/mol. The molecule has 4 nitrogen and oxygen atoms in total. The Balaban J connectivity index is 2.06. The Bertz CT molecular complexity index is 427. The largest absolute Gasteiger partial charge is 0.377 e. The molecule has 0 spiro atoms. The molecule has 3 atom stereocenters. The fourth-order valence-electron chi connectivity index (χ4n) is 2.95. The average molecular weight is 284 g/mol. The Hall–Kier alpha value is -0.870. The maximum atomic E-state index is 6.02. The standard InChI is InChI=1S/C14H22ClN3O/c1-4-10-5-6-11(9(10)2)16-13-7-12(15)17-14(18-13)8-19-3/h7,9-11H,4-6,8H2,1-3H3,(H,16,17,18). The normalized spacial score (nSPS) is 26.6. The van der Waals surface area contributed by atoms with Gasteiger partial charge in [-0.3, -0.25) is 0 Å². The van der Waals surface area contributed by atoms with Crippen molar-refractivity contribution in [3.8, 4) is 0 Å². The number of halogens is 1. The van der Waals surface area contributed by atoms with E-state index in [0.29, 0.717) is 29.5 Å². The molecule has 1 N–H and O–H groups in total. The fourth-order valence-corrected chi connectivity index (χ4v) is 3.15. The Labute approximate surface area is 119 Å². The van der Waals surface area contributed by atoms with Crippen molar-refractivity contribution in [3.63, 3.8) is 0 Å². The first kappa shape index (κ1) is 14.5. The van der Waals surface area contributed by atoms with Crippen LogP contribution in [-0.2, 0) is 11.3 Å². The SMILES string of the molecule is CCC1CCC(Nc2cc(Cl)nc(COC)n2)C1C. The molecule has 2 rings (SSSR count). The number of hydrogen-bond donors (Lipinski definition) is 1. The van der Waals surface area contributed by atoms with Crippen molar-refractivity contribution < 1.29 is 4.74 Å². The van der Waals surface area contributed by atoms with E-state index in [9.17, 15) is 0 Å². The van der Waals surface area contributed by atoms with E-state index in [2.05, 4.69) is 29.1 Å².